The number of aryl methyl sites for hydroxylation is 1. The van der Waals surface area contributed by atoms with Gasteiger partial charge in [-0.1, -0.05) is 0 Å². The number of carbonyl (C=O) groups excluding carboxylic acids is 1. The molecule has 1 N–H and O–H groups in total. The van der Waals surface area contributed by atoms with E-state index in [-0.39, 0.29) is 10.8 Å². The van der Waals surface area contributed by atoms with Crippen molar-refractivity contribution >= 4 is 21.6 Å². The second kappa shape index (κ2) is 5.29. The molecule has 0 atom stereocenters. The highest BCUT2D eigenvalue weighted by molar-refractivity contribution is 7.89. The summed E-state index contributed by atoms with van der Waals surface area (Å²) in [5.74, 6) is -0.0928. The first-order chi connectivity index (χ1) is 10.6. The quantitative estimate of drug-likeness (QED) is 0.879. The number of benzene rings is 1. The van der Waals surface area contributed by atoms with Crippen LogP contribution in [-0.2, 0) is 20.2 Å². The molecule has 2 heterocycles. The van der Waals surface area contributed by atoms with Crippen molar-refractivity contribution in [1.82, 2.24) is 9.21 Å². The third kappa shape index (κ3) is 2.56. The molecule has 6 nitrogen and oxygen atoms in total. The summed E-state index contributed by atoms with van der Waals surface area (Å²) < 4.78 is 27.4. The molecule has 0 radical (unpaired) electrons. The number of sulfonamides is 1. The van der Waals surface area contributed by atoms with E-state index < -0.39 is 15.4 Å². The number of anilines is 1. The first-order valence-electron chi connectivity index (χ1n) is 7.79. The van der Waals surface area contributed by atoms with Crippen LogP contribution >= 0.6 is 0 Å². The number of carbonyl (C=O) groups is 1. The Hall–Kier alpha value is -1.44. The lowest BCUT2D eigenvalue weighted by atomic mass is 9.85. The van der Waals surface area contributed by atoms with E-state index in [2.05, 4.69) is 10.2 Å². The third-order valence-electron chi connectivity index (χ3n) is 4.89. The summed E-state index contributed by atoms with van der Waals surface area (Å²) in [6.07, 6.45) is 0. The largest absolute Gasteiger partial charge is 0.325 e. The van der Waals surface area contributed by atoms with E-state index in [0.717, 1.165) is 29.9 Å². The molecule has 0 aliphatic carbocycles. The molecule has 23 heavy (non-hydrogen) atoms. The number of piperazine rings is 1. The molecule has 1 aromatic carbocycles. The molecular formula is C16H23N3O3S. The number of hydrogen-bond acceptors (Lipinski definition) is 4. The molecule has 7 heteroatoms. The van der Waals surface area contributed by atoms with E-state index in [0.29, 0.717) is 13.1 Å². The van der Waals surface area contributed by atoms with Gasteiger partial charge in [0.05, 0.1) is 10.3 Å². The van der Waals surface area contributed by atoms with Gasteiger partial charge in [0, 0.05) is 31.9 Å². The summed E-state index contributed by atoms with van der Waals surface area (Å²) in [5, 5.41) is 2.87. The van der Waals surface area contributed by atoms with Crippen molar-refractivity contribution in [3.63, 3.8) is 0 Å². The second-order valence-corrected chi connectivity index (χ2v) is 8.89. The summed E-state index contributed by atoms with van der Waals surface area (Å²) in [5.41, 5.74) is 1.58. The van der Waals surface area contributed by atoms with Crippen LogP contribution < -0.4 is 5.32 Å². The maximum Gasteiger partial charge on any atom is 0.243 e. The zero-order chi connectivity index (χ0) is 17.0. The fourth-order valence-electron chi connectivity index (χ4n) is 3.13. The predicted octanol–water partition coefficient (Wildman–Crippen LogP) is 1.16. The van der Waals surface area contributed by atoms with Crippen LogP contribution in [0, 0.1) is 6.92 Å². The number of nitrogens with zero attached hydrogens (tertiary/aromatic N) is 2. The number of fused-ring (bicyclic) bond motifs is 1. The van der Waals surface area contributed by atoms with Gasteiger partial charge in [0.25, 0.3) is 0 Å². The monoisotopic (exact) mass is 337 g/mol. The average molecular weight is 337 g/mol. The predicted molar refractivity (Wildman–Crippen MR) is 89.1 cm³/mol. The summed E-state index contributed by atoms with van der Waals surface area (Å²) in [6, 6.07) is 3.32. The summed E-state index contributed by atoms with van der Waals surface area (Å²) in [7, 11) is -1.54. The second-order valence-electron chi connectivity index (χ2n) is 6.95. The number of likely N-dealkylation sites (N-methyl/N-ethyl adjacent to an activating group) is 1. The van der Waals surface area contributed by atoms with Crippen molar-refractivity contribution in [1.29, 1.82) is 0 Å². The van der Waals surface area contributed by atoms with Gasteiger partial charge < -0.3 is 10.2 Å². The molecule has 0 spiro atoms. The Morgan fingerprint density at radius 1 is 1.13 bits per heavy atom. The van der Waals surface area contributed by atoms with Gasteiger partial charge in [-0.25, -0.2) is 8.42 Å². The highest BCUT2D eigenvalue weighted by atomic mass is 32.2. The maximum absolute atomic E-state index is 12.9. The minimum atomic E-state index is -3.53. The van der Waals surface area contributed by atoms with Gasteiger partial charge in [0.15, 0.2) is 0 Å². The molecular weight excluding hydrogens is 314 g/mol. The highest BCUT2D eigenvalue weighted by Gasteiger charge is 2.40. The van der Waals surface area contributed by atoms with Gasteiger partial charge in [-0.05, 0) is 51.1 Å². The molecule has 1 fully saturated rings. The molecule has 2 aliphatic rings. The number of nitrogens with one attached hydrogen (secondary N) is 1. The van der Waals surface area contributed by atoms with E-state index in [9.17, 15) is 13.2 Å². The molecule has 0 saturated carbocycles. The average Bonchev–Trinajstić information content (AvgIpc) is 2.71. The Labute approximate surface area is 137 Å². The van der Waals surface area contributed by atoms with Crippen LogP contribution in [0.5, 0.6) is 0 Å². The van der Waals surface area contributed by atoms with Gasteiger partial charge in [0.2, 0.25) is 15.9 Å². The smallest absolute Gasteiger partial charge is 0.243 e. The Morgan fingerprint density at radius 2 is 1.74 bits per heavy atom. The van der Waals surface area contributed by atoms with Gasteiger partial charge in [0.1, 0.15) is 0 Å². The first-order valence-corrected chi connectivity index (χ1v) is 9.23. The lowest BCUT2D eigenvalue weighted by Crippen LogP contribution is -2.47. The summed E-state index contributed by atoms with van der Waals surface area (Å²) in [4.78, 5) is 14.5. The lowest BCUT2D eigenvalue weighted by molar-refractivity contribution is -0.119. The fourth-order valence-corrected chi connectivity index (χ4v) is 4.67. The highest BCUT2D eigenvalue weighted by Crippen LogP contribution is 2.41. The van der Waals surface area contributed by atoms with Crippen LogP contribution in [0.2, 0.25) is 0 Å². The van der Waals surface area contributed by atoms with Crippen LogP contribution in [0.15, 0.2) is 17.0 Å². The topological polar surface area (TPSA) is 69.7 Å². The lowest BCUT2D eigenvalue weighted by Gasteiger charge is -2.31. The molecule has 2 aliphatic heterocycles. The fraction of sp³-hybridized carbons (Fsp3) is 0.562. The minimum Gasteiger partial charge on any atom is -0.325 e. The first kappa shape index (κ1) is 16.4. The van der Waals surface area contributed by atoms with Gasteiger partial charge in [-0.15, -0.1) is 0 Å². The molecule has 0 bridgehead atoms. The zero-order valence-electron chi connectivity index (χ0n) is 14.0. The van der Waals surface area contributed by atoms with E-state index in [1.807, 2.05) is 27.8 Å². The molecule has 1 amide bonds. The molecule has 1 aromatic rings. The van der Waals surface area contributed by atoms with Crippen molar-refractivity contribution in [2.45, 2.75) is 31.1 Å². The van der Waals surface area contributed by atoms with Crippen LogP contribution in [0.3, 0.4) is 0 Å². The van der Waals surface area contributed by atoms with E-state index in [4.69, 9.17) is 0 Å². The maximum atomic E-state index is 12.9. The number of rotatable bonds is 2. The van der Waals surface area contributed by atoms with Crippen molar-refractivity contribution in [2.75, 3.05) is 38.5 Å². The Kier molecular flexibility index (Phi) is 3.78. The van der Waals surface area contributed by atoms with Crippen molar-refractivity contribution in [2.24, 2.45) is 0 Å². The molecule has 0 unspecified atom stereocenters. The molecule has 126 valence electrons. The van der Waals surface area contributed by atoms with Crippen molar-refractivity contribution in [3.8, 4) is 0 Å². The van der Waals surface area contributed by atoms with E-state index >= 15 is 0 Å². The minimum absolute atomic E-state index is 0.0928. The van der Waals surface area contributed by atoms with Gasteiger partial charge in [-0.3, -0.25) is 4.79 Å². The molecule has 0 aromatic heterocycles. The third-order valence-corrected chi connectivity index (χ3v) is 6.76. The standard InChI is InChI=1S/C16H23N3O3S/c1-11-9-12(10-13-14(11)17-15(20)16(13,2)3)23(21,22)19-7-5-18(4)6-8-19/h9-10H,5-8H2,1-4H3,(H,17,20). The van der Waals surface area contributed by atoms with Crippen LogP contribution in [0.1, 0.15) is 25.0 Å². The van der Waals surface area contributed by atoms with Crippen LogP contribution in [0.25, 0.3) is 0 Å². The Morgan fingerprint density at radius 3 is 2.35 bits per heavy atom. The van der Waals surface area contributed by atoms with Gasteiger partial charge in [-0.2, -0.15) is 4.31 Å². The van der Waals surface area contributed by atoms with E-state index in [1.54, 1.807) is 12.1 Å². The van der Waals surface area contributed by atoms with E-state index in [1.165, 1.54) is 4.31 Å². The number of amides is 1. The van der Waals surface area contributed by atoms with Crippen LogP contribution in [0.4, 0.5) is 5.69 Å². The zero-order valence-corrected chi connectivity index (χ0v) is 14.8. The van der Waals surface area contributed by atoms with Gasteiger partial charge >= 0.3 is 0 Å². The SMILES string of the molecule is Cc1cc(S(=O)(=O)N2CCN(C)CC2)cc2c1NC(=O)C2(C)C. The molecule has 3 rings (SSSR count). The summed E-state index contributed by atoms with van der Waals surface area (Å²) in [6.45, 7) is 7.93. The van der Waals surface area contributed by atoms with Crippen LogP contribution in [-0.4, -0.2) is 56.8 Å². The normalized spacial score (nSPS) is 22.0. The Bertz CT molecular complexity index is 763. The Balaban J connectivity index is 2.04. The van der Waals surface area contributed by atoms with Crippen molar-refractivity contribution in [3.05, 3.63) is 23.3 Å². The molecule has 1 saturated heterocycles. The van der Waals surface area contributed by atoms with Crippen molar-refractivity contribution < 1.29 is 13.2 Å². The number of hydrogen-bond donors (Lipinski definition) is 1. The summed E-state index contributed by atoms with van der Waals surface area (Å²) >= 11 is 0.